The van der Waals surface area contributed by atoms with Gasteiger partial charge in [-0.1, -0.05) is 12.1 Å². The minimum atomic E-state index is -4.33. The summed E-state index contributed by atoms with van der Waals surface area (Å²) in [5, 5.41) is 0. The molecule has 3 nitrogen and oxygen atoms in total. The van der Waals surface area contributed by atoms with E-state index in [0.29, 0.717) is 10.5 Å². The molecule has 7 heteroatoms. The molecular weight excluding hydrogens is 375 g/mol. The summed E-state index contributed by atoms with van der Waals surface area (Å²) in [7, 11) is 0. The zero-order chi connectivity index (χ0) is 20.2. The Morgan fingerprint density at radius 2 is 1.56 bits per heavy atom. The first kappa shape index (κ1) is 21.3. The van der Waals surface area contributed by atoms with E-state index in [2.05, 4.69) is 4.72 Å². The molecule has 0 bridgehead atoms. The molecular formula is C20H22F3NO2S. The summed E-state index contributed by atoms with van der Waals surface area (Å²) in [5.74, 6) is -0.381. The van der Waals surface area contributed by atoms with Gasteiger partial charge in [-0.3, -0.25) is 4.72 Å². The minimum Gasteiger partial charge on any atom is -0.456 e. The van der Waals surface area contributed by atoms with Crippen molar-refractivity contribution in [2.24, 2.45) is 0 Å². The lowest BCUT2D eigenvalue weighted by molar-refractivity contribution is -0.137. The summed E-state index contributed by atoms with van der Waals surface area (Å²) in [6.45, 7) is 7.36. The van der Waals surface area contributed by atoms with Gasteiger partial charge in [0.1, 0.15) is 5.60 Å². The van der Waals surface area contributed by atoms with Gasteiger partial charge in [-0.2, -0.15) is 13.2 Å². The summed E-state index contributed by atoms with van der Waals surface area (Å²) < 4.78 is 46.2. The van der Waals surface area contributed by atoms with Crippen LogP contribution in [0, 0.1) is 0 Å². The third-order valence-corrected chi connectivity index (χ3v) is 4.56. The van der Waals surface area contributed by atoms with Gasteiger partial charge in [0.25, 0.3) is 0 Å². The van der Waals surface area contributed by atoms with Crippen LogP contribution in [-0.4, -0.2) is 11.6 Å². The van der Waals surface area contributed by atoms with Crippen molar-refractivity contribution in [2.75, 3.05) is 0 Å². The highest BCUT2D eigenvalue weighted by atomic mass is 32.2. The first-order chi connectivity index (χ1) is 12.5. The molecule has 1 unspecified atom stereocenters. The van der Waals surface area contributed by atoms with Crippen LogP contribution in [0.2, 0.25) is 0 Å². The maximum absolute atomic E-state index is 12.6. The zero-order valence-corrected chi connectivity index (χ0v) is 16.4. The van der Waals surface area contributed by atoms with Gasteiger partial charge in [-0.15, -0.1) is 0 Å². The number of rotatable bonds is 5. The normalized spacial score (nSPS) is 13.3. The van der Waals surface area contributed by atoms with Gasteiger partial charge < -0.3 is 4.74 Å². The van der Waals surface area contributed by atoms with Crippen LogP contribution >= 0.6 is 11.9 Å². The van der Waals surface area contributed by atoms with E-state index >= 15 is 0 Å². The predicted octanol–water partition coefficient (Wildman–Crippen LogP) is 6.02. The molecule has 0 heterocycles. The highest BCUT2D eigenvalue weighted by Gasteiger charge is 2.29. The van der Waals surface area contributed by atoms with E-state index in [1.807, 2.05) is 39.8 Å². The number of ether oxygens (including phenoxy) is 1. The van der Waals surface area contributed by atoms with Gasteiger partial charge in [0.15, 0.2) is 0 Å². The Morgan fingerprint density at radius 3 is 2.04 bits per heavy atom. The SMILES string of the molecule is CC(NSc1ccc(C(F)(F)F)cc1)c1ccc(C(=O)OC(C)(C)C)cc1. The van der Waals surface area contributed by atoms with E-state index in [9.17, 15) is 18.0 Å². The van der Waals surface area contributed by atoms with Crippen LogP contribution in [0.1, 0.15) is 55.2 Å². The maximum atomic E-state index is 12.6. The van der Waals surface area contributed by atoms with Crippen LogP contribution in [0.4, 0.5) is 13.2 Å². The van der Waals surface area contributed by atoms with Crippen LogP contribution in [-0.2, 0) is 10.9 Å². The first-order valence-corrected chi connectivity index (χ1v) is 9.20. The molecule has 0 aromatic heterocycles. The van der Waals surface area contributed by atoms with Crippen LogP contribution < -0.4 is 4.72 Å². The fourth-order valence-electron chi connectivity index (χ4n) is 2.18. The van der Waals surface area contributed by atoms with E-state index in [1.165, 1.54) is 24.1 Å². The Morgan fingerprint density at radius 1 is 1.00 bits per heavy atom. The van der Waals surface area contributed by atoms with Gasteiger partial charge >= 0.3 is 12.1 Å². The molecule has 0 amide bonds. The summed E-state index contributed by atoms with van der Waals surface area (Å²) in [6.07, 6.45) is -4.33. The van der Waals surface area contributed by atoms with Crippen molar-refractivity contribution >= 4 is 17.9 Å². The molecule has 2 rings (SSSR count). The molecule has 2 aromatic carbocycles. The lowest BCUT2D eigenvalue weighted by atomic mass is 10.1. The molecule has 0 fully saturated rings. The number of esters is 1. The average molecular weight is 397 g/mol. The number of alkyl halides is 3. The molecule has 0 saturated heterocycles. The van der Waals surface area contributed by atoms with Crippen LogP contribution in [0.25, 0.3) is 0 Å². The minimum absolute atomic E-state index is 0.0648. The van der Waals surface area contributed by atoms with Gasteiger partial charge in [0.2, 0.25) is 0 Å². The van der Waals surface area contributed by atoms with Crippen LogP contribution in [0.3, 0.4) is 0 Å². The number of carbonyl (C=O) groups excluding carboxylic acids is 1. The lowest BCUT2D eigenvalue weighted by Gasteiger charge is -2.20. The standard InChI is InChI=1S/C20H22F3NO2S/c1-13(24-27-17-11-9-16(10-12-17)20(21,22)23)14-5-7-15(8-6-14)18(25)26-19(2,3)4/h5-13,24H,1-4H3. The highest BCUT2D eigenvalue weighted by Crippen LogP contribution is 2.30. The lowest BCUT2D eigenvalue weighted by Crippen LogP contribution is -2.23. The quantitative estimate of drug-likeness (QED) is 0.495. The topological polar surface area (TPSA) is 38.3 Å². The predicted molar refractivity (Wildman–Crippen MR) is 100 cm³/mol. The fraction of sp³-hybridized carbons (Fsp3) is 0.350. The van der Waals surface area contributed by atoms with E-state index in [4.69, 9.17) is 4.74 Å². The van der Waals surface area contributed by atoms with E-state index in [1.54, 1.807) is 12.1 Å². The van der Waals surface area contributed by atoms with Crippen molar-refractivity contribution in [3.05, 3.63) is 65.2 Å². The summed E-state index contributed by atoms with van der Waals surface area (Å²) in [6, 6.07) is 12.0. The van der Waals surface area contributed by atoms with E-state index in [-0.39, 0.29) is 12.0 Å². The molecule has 1 atom stereocenters. The van der Waals surface area contributed by atoms with Crippen molar-refractivity contribution < 1.29 is 22.7 Å². The van der Waals surface area contributed by atoms with Gasteiger partial charge in [-0.25, -0.2) is 4.79 Å². The molecule has 1 N–H and O–H groups in total. The number of carbonyl (C=O) groups is 1. The molecule has 146 valence electrons. The molecule has 0 radical (unpaired) electrons. The summed E-state index contributed by atoms with van der Waals surface area (Å²) in [4.78, 5) is 12.7. The molecule has 0 aliphatic heterocycles. The second-order valence-electron chi connectivity index (χ2n) is 7.09. The zero-order valence-electron chi connectivity index (χ0n) is 15.6. The van der Waals surface area contributed by atoms with Gasteiger partial charge in [0, 0.05) is 10.9 Å². The largest absolute Gasteiger partial charge is 0.456 e. The van der Waals surface area contributed by atoms with Crippen molar-refractivity contribution in [3.8, 4) is 0 Å². The third kappa shape index (κ3) is 6.59. The van der Waals surface area contributed by atoms with Gasteiger partial charge in [-0.05, 0) is 81.6 Å². The third-order valence-electron chi connectivity index (χ3n) is 3.58. The molecule has 0 spiro atoms. The molecule has 2 aromatic rings. The molecule has 0 aliphatic rings. The summed E-state index contributed by atoms with van der Waals surface area (Å²) in [5.41, 5.74) is 0.193. The van der Waals surface area contributed by atoms with Gasteiger partial charge in [0.05, 0.1) is 11.1 Å². The number of halogens is 3. The molecule has 0 saturated carbocycles. The second kappa shape index (κ2) is 8.35. The van der Waals surface area contributed by atoms with E-state index < -0.39 is 17.3 Å². The van der Waals surface area contributed by atoms with E-state index in [0.717, 1.165) is 17.7 Å². The number of hydrogen-bond donors (Lipinski definition) is 1. The average Bonchev–Trinajstić information content (AvgIpc) is 2.58. The van der Waals surface area contributed by atoms with Crippen molar-refractivity contribution in [1.29, 1.82) is 0 Å². The number of benzene rings is 2. The van der Waals surface area contributed by atoms with Crippen molar-refractivity contribution in [1.82, 2.24) is 4.72 Å². The smallest absolute Gasteiger partial charge is 0.416 e. The summed E-state index contributed by atoms with van der Waals surface area (Å²) >= 11 is 1.25. The van der Waals surface area contributed by atoms with Crippen LogP contribution in [0.15, 0.2) is 53.4 Å². The number of nitrogens with one attached hydrogen (secondary N) is 1. The molecule has 0 aliphatic carbocycles. The highest BCUT2D eigenvalue weighted by molar-refractivity contribution is 7.97. The van der Waals surface area contributed by atoms with Crippen molar-refractivity contribution in [3.63, 3.8) is 0 Å². The Kier molecular flexibility index (Phi) is 6.59. The maximum Gasteiger partial charge on any atom is 0.416 e. The fourth-order valence-corrected chi connectivity index (χ4v) is 2.90. The second-order valence-corrected chi connectivity index (χ2v) is 8.00. The number of hydrogen-bond acceptors (Lipinski definition) is 4. The molecule has 27 heavy (non-hydrogen) atoms. The monoisotopic (exact) mass is 397 g/mol. The Hall–Kier alpha value is -1.99. The Labute approximate surface area is 161 Å². The Balaban J connectivity index is 1.94. The van der Waals surface area contributed by atoms with Crippen molar-refractivity contribution in [2.45, 2.75) is 50.4 Å². The Bertz CT molecular complexity index is 766. The first-order valence-electron chi connectivity index (χ1n) is 8.39. The van der Waals surface area contributed by atoms with Crippen LogP contribution in [0.5, 0.6) is 0 Å².